The van der Waals surface area contributed by atoms with Gasteiger partial charge in [-0.2, -0.15) is 0 Å². The Kier molecular flexibility index (Phi) is 5.61. The van der Waals surface area contributed by atoms with Gasteiger partial charge >= 0.3 is 6.01 Å². The SMILES string of the molecule is O=C(Nc1ccc(Oc2ncccn2)cc1)c1cccn(Cc2ccccc2)c1=O. The topological polar surface area (TPSA) is 86.1 Å². The molecule has 0 spiro atoms. The number of carbonyl (C=O) groups excluding carboxylic acids is 1. The molecule has 0 aliphatic heterocycles. The number of ether oxygens (including phenoxy) is 1. The summed E-state index contributed by atoms with van der Waals surface area (Å²) in [5.41, 5.74) is 1.25. The lowest BCUT2D eigenvalue weighted by atomic mass is 10.2. The van der Waals surface area contributed by atoms with E-state index in [-0.39, 0.29) is 17.1 Å². The van der Waals surface area contributed by atoms with Gasteiger partial charge in [-0.05, 0) is 48.0 Å². The van der Waals surface area contributed by atoms with Crippen LogP contribution in [0.1, 0.15) is 15.9 Å². The van der Waals surface area contributed by atoms with Crippen molar-refractivity contribution in [1.82, 2.24) is 14.5 Å². The van der Waals surface area contributed by atoms with E-state index in [9.17, 15) is 9.59 Å². The molecule has 0 atom stereocenters. The number of pyridine rings is 1. The second-order valence-electron chi connectivity index (χ2n) is 6.45. The largest absolute Gasteiger partial charge is 0.424 e. The second kappa shape index (κ2) is 8.83. The molecular weight excluding hydrogens is 380 g/mol. The van der Waals surface area contributed by atoms with E-state index in [1.807, 2.05) is 30.3 Å². The molecule has 0 fully saturated rings. The molecule has 4 rings (SSSR count). The highest BCUT2D eigenvalue weighted by Crippen LogP contribution is 2.20. The van der Waals surface area contributed by atoms with E-state index in [4.69, 9.17) is 4.74 Å². The molecule has 1 N–H and O–H groups in total. The number of nitrogens with zero attached hydrogens (tertiary/aromatic N) is 3. The van der Waals surface area contributed by atoms with Gasteiger partial charge in [0.2, 0.25) is 0 Å². The maximum absolute atomic E-state index is 12.7. The van der Waals surface area contributed by atoms with Crippen molar-refractivity contribution >= 4 is 11.6 Å². The van der Waals surface area contributed by atoms with E-state index < -0.39 is 5.91 Å². The molecule has 2 aromatic heterocycles. The summed E-state index contributed by atoms with van der Waals surface area (Å²) in [6.45, 7) is 0.397. The van der Waals surface area contributed by atoms with E-state index in [0.717, 1.165) is 5.56 Å². The van der Waals surface area contributed by atoms with Gasteiger partial charge in [-0.1, -0.05) is 30.3 Å². The van der Waals surface area contributed by atoms with Crippen molar-refractivity contribution in [3.05, 3.63) is 113 Å². The third-order valence-electron chi connectivity index (χ3n) is 4.32. The number of rotatable bonds is 6. The Hall–Kier alpha value is -4.26. The van der Waals surface area contributed by atoms with Crippen LogP contribution < -0.4 is 15.6 Å². The van der Waals surface area contributed by atoms with E-state index in [0.29, 0.717) is 18.0 Å². The number of amides is 1. The lowest BCUT2D eigenvalue weighted by molar-refractivity contribution is 0.102. The van der Waals surface area contributed by atoms with Crippen molar-refractivity contribution in [2.24, 2.45) is 0 Å². The van der Waals surface area contributed by atoms with Crippen LogP contribution in [0, 0.1) is 0 Å². The van der Waals surface area contributed by atoms with Crippen molar-refractivity contribution < 1.29 is 9.53 Å². The number of hydrogen-bond donors (Lipinski definition) is 1. The van der Waals surface area contributed by atoms with Gasteiger partial charge in [0.25, 0.3) is 11.5 Å². The fraction of sp³-hybridized carbons (Fsp3) is 0.0435. The summed E-state index contributed by atoms with van der Waals surface area (Å²) in [5.74, 6) is 0.0617. The fourth-order valence-electron chi connectivity index (χ4n) is 2.86. The van der Waals surface area contributed by atoms with E-state index in [1.165, 1.54) is 10.6 Å². The molecule has 1 amide bonds. The van der Waals surface area contributed by atoms with Gasteiger partial charge in [0.05, 0.1) is 6.54 Å². The van der Waals surface area contributed by atoms with Crippen molar-refractivity contribution in [3.8, 4) is 11.8 Å². The van der Waals surface area contributed by atoms with Gasteiger partial charge in [0, 0.05) is 24.3 Å². The van der Waals surface area contributed by atoms with Crippen molar-refractivity contribution in [2.75, 3.05) is 5.32 Å². The maximum atomic E-state index is 12.7. The average molecular weight is 398 g/mol. The Morgan fingerprint density at radius 2 is 1.63 bits per heavy atom. The summed E-state index contributed by atoms with van der Waals surface area (Å²) in [6.07, 6.45) is 4.84. The lowest BCUT2D eigenvalue weighted by Crippen LogP contribution is -2.29. The first-order valence-corrected chi connectivity index (χ1v) is 9.29. The smallest absolute Gasteiger partial charge is 0.321 e. The van der Waals surface area contributed by atoms with E-state index in [1.54, 1.807) is 55.0 Å². The zero-order chi connectivity index (χ0) is 20.8. The number of aromatic nitrogens is 3. The highest BCUT2D eigenvalue weighted by molar-refractivity contribution is 6.04. The van der Waals surface area contributed by atoms with Gasteiger partial charge in [-0.25, -0.2) is 9.97 Å². The fourth-order valence-corrected chi connectivity index (χ4v) is 2.86. The molecule has 2 aromatic carbocycles. The quantitative estimate of drug-likeness (QED) is 0.535. The lowest BCUT2D eigenvalue weighted by Gasteiger charge is -2.09. The van der Waals surface area contributed by atoms with Crippen LogP contribution in [0.4, 0.5) is 5.69 Å². The van der Waals surface area contributed by atoms with Crippen LogP contribution in [0.2, 0.25) is 0 Å². The zero-order valence-electron chi connectivity index (χ0n) is 15.9. The Labute approximate surface area is 172 Å². The monoisotopic (exact) mass is 398 g/mol. The first-order valence-electron chi connectivity index (χ1n) is 9.29. The molecule has 7 nitrogen and oxygen atoms in total. The molecule has 2 heterocycles. The predicted molar refractivity (Wildman–Crippen MR) is 113 cm³/mol. The second-order valence-corrected chi connectivity index (χ2v) is 6.45. The van der Waals surface area contributed by atoms with Crippen LogP contribution in [0.3, 0.4) is 0 Å². The molecule has 0 saturated heterocycles. The van der Waals surface area contributed by atoms with Gasteiger partial charge in [-0.3, -0.25) is 9.59 Å². The Morgan fingerprint density at radius 3 is 2.37 bits per heavy atom. The summed E-state index contributed by atoms with van der Waals surface area (Å²) < 4.78 is 7.04. The van der Waals surface area contributed by atoms with Gasteiger partial charge in [-0.15, -0.1) is 0 Å². The number of nitrogens with one attached hydrogen (secondary N) is 1. The summed E-state index contributed by atoms with van der Waals surface area (Å²) in [4.78, 5) is 33.4. The van der Waals surface area contributed by atoms with Crippen LogP contribution in [0.5, 0.6) is 11.8 Å². The molecule has 0 bridgehead atoms. The van der Waals surface area contributed by atoms with Gasteiger partial charge in [0.1, 0.15) is 11.3 Å². The molecule has 0 aliphatic rings. The molecule has 0 radical (unpaired) electrons. The standard InChI is InChI=1S/C23H18N4O3/c28-21(20-8-4-15-27(22(20)29)16-17-6-2-1-3-7-17)26-18-9-11-19(12-10-18)30-23-24-13-5-14-25-23/h1-15H,16H2,(H,26,28). The first kappa shape index (κ1) is 19.1. The highest BCUT2D eigenvalue weighted by atomic mass is 16.5. The first-order chi connectivity index (χ1) is 14.7. The zero-order valence-corrected chi connectivity index (χ0v) is 15.9. The maximum Gasteiger partial charge on any atom is 0.321 e. The van der Waals surface area contributed by atoms with E-state index >= 15 is 0 Å². The average Bonchev–Trinajstić information content (AvgIpc) is 2.78. The number of carbonyl (C=O) groups is 1. The normalized spacial score (nSPS) is 10.4. The summed E-state index contributed by atoms with van der Waals surface area (Å²) >= 11 is 0. The summed E-state index contributed by atoms with van der Waals surface area (Å²) in [6, 6.07) is 21.5. The Morgan fingerprint density at radius 1 is 0.900 bits per heavy atom. The van der Waals surface area contributed by atoms with E-state index in [2.05, 4.69) is 15.3 Å². The van der Waals surface area contributed by atoms with Crippen molar-refractivity contribution in [2.45, 2.75) is 6.54 Å². The number of anilines is 1. The van der Waals surface area contributed by atoms with Crippen LogP contribution in [-0.2, 0) is 6.54 Å². The molecular formula is C23H18N4O3. The number of hydrogen-bond acceptors (Lipinski definition) is 5. The molecule has 4 aromatic rings. The van der Waals surface area contributed by atoms with Gasteiger partial charge < -0.3 is 14.6 Å². The van der Waals surface area contributed by atoms with Crippen LogP contribution in [0.25, 0.3) is 0 Å². The minimum atomic E-state index is -0.470. The van der Waals surface area contributed by atoms with Crippen molar-refractivity contribution in [3.63, 3.8) is 0 Å². The Bertz CT molecular complexity index is 1190. The minimum absolute atomic E-state index is 0.0754. The molecule has 0 aliphatic carbocycles. The third-order valence-corrected chi connectivity index (χ3v) is 4.32. The van der Waals surface area contributed by atoms with Crippen molar-refractivity contribution in [1.29, 1.82) is 0 Å². The van der Waals surface area contributed by atoms with Gasteiger partial charge in [0.15, 0.2) is 0 Å². The van der Waals surface area contributed by atoms with Crippen LogP contribution in [-0.4, -0.2) is 20.4 Å². The number of benzene rings is 2. The molecule has 0 unspecified atom stereocenters. The molecule has 30 heavy (non-hydrogen) atoms. The molecule has 148 valence electrons. The molecule has 7 heteroatoms. The predicted octanol–water partition coefficient (Wildman–Crippen LogP) is 3.73. The summed E-state index contributed by atoms with van der Waals surface area (Å²) in [7, 11) is 0. The Balaban J connectivity index is 1.46. The third kappa shape index (κ3) is 4.59. The minimum Gasteiger partial charge on any atom is -0.424 e. The van der Waals surface area contributed by atoms with Crippen LogP contribution in [0.15, 0.2) is 96.2 Å². The highest BCUT2D eigenvalue weighted by Gasteiger charge is 2.13. The summed E-state index contributed by atoms with van der Waals surface area (Å²) in [5, 5.41) is 2.74. The molecule has 0 saturated carbocycles. The van der Waals surface area contributed by atoms with Crippen LogP contribution >= 0.6 is 0 Å².